The van der Waals surface area contributed by atoms with Crippen molar-refractivity contribution in [3.8, 4) is 11.5 Å². The van der Waals surface area contributed by atoms with Crippen LogP contribution >= 0.6 is 12.2 Å². The quantitative estimate of drug-likeness (QED) is 0.405. The number of benzene rings is 1. The number of likely N-dealkylation sites (N-methyl/N-ethyl adjacent to an activating group) is 1. The van der Waals surface area contributed by atoms with Gasteiger partial charge in [0.05, 0.1) is 39.3 Å². The van der Waals surface area contributed by atoms with Crippen LogP contribution in [-0.4, -0.2) is 98.4 Å². The topological polar surface area (TPSA) is 108 Å². The lowest BCUT2D eigenvalue weighted by molar-refractivity contribution is -0.192. The van der Waals surface area contributed by atoms with E-state index in [9.17, 15) is 13.2 Å². The molecule has 0 radical (unpaired) electrons. The van der Waals surface area contributed by atoms with Gasteiger partial charge in [0.1, 0.15) is 5.82 Å². The number of rotatable bonds is 6. The second kappa shape index (κ2) is 14.0. The SMILES string of the molecule is COc1ccc([C@@]23CC[C@@H](NC(=S)Nc4ccc(N5CCOCC5)nc4)C[C@@H]2N(C)CC3)cc1OC.O=C(O)C(F)(F)F. The molecule has 1 aromatic carbocycles. The number of anilines is 2. The number of thiocarbonyl (C=S) groups is 1. The van der Waals surface area contributed by atoms with Gasteiger partial charge < -0.3 is 39.8 Å². The number of methoxy groups -OCH3 is 2. The molecule has 10 nitrogen and oxygen atoms in total. The fourth-order valence-corrected chi connectivity index (χ4v) is 6.47. The van der Waals surface area contributed by atoms with E-state index >= 15 is 0 Å². The van der Waals surface area contributed by atoms with Crippen molar-refractivity contribution in [2.45, 2.75) is 49.4 Å². The lowest BCUT2D eigenvalue weighted by Gasteiger charge is -2.45. The smallest absolute Gasteiger partial charge is 0.490 e. The zero-order valence-corrected chi connectivity index (χ0v) is 25.3. The van der Waals surface area contributed by atoms with Crippen LogP contribution in [-0.2, 0) is 14.9 Å². The lowest BCUT2D eigenvalue weighted by atomic mass is 9.65. The molecule has 3 aliphatic rings. The number of morpholine rings is 1. The van der Waals surface area contributed by atoms with E-state index in [1.54, 1.807) is 14.2 Å². The molecule has 0 unspecified atom stereocenters. The number of hydrogen-bond acceptors (Lipinski definition) is 8. The zero-order chi connectivity index (χ0) is 31.2. The predicted molar refractivity (Wildman–Crippen MR) is 160 cm³/mol. The minimum atomic E-state index is -5.08. The molecule has 3 heterocycles. The number of carbonyl (C=O) groups is 1. The number of pyridine rings is 1. The maximum atomic E-state index is 10.6. The first-order valence-corrected chi connectivity index (χ1v) is 14.5. The fraction of sp³-hybridized carbons (Fsp3) is 0.552. The molecule has 2 saturated heterocycles. The Balaban J connectivity index is 0.000000541. The molecule has 236 valence electrons. The highest BCUT2D eigenvalue weighted by molar-refractivity contribution is 7.80. The summed E-state index contributed by atoms with van der Waals surface area (Å²) in [5, 5.41) is 14.7. The van der Waals surface area contributed by atoms with E-state index in [1.807, 2.05) is 24.4 Å². The average Bonchev–Trinajstić information content (AvgIpc) is 3.34. The third-order valence-electron chi connectivity index (χ3n) is 8.40. The van der Waals surface area contributed by atoms with Gasteiger partial charge in [0, 0.05) is 30.6 Å². The first kappa shape index (κ1) is 32.6. The Morgan fingerprint density at radius 1 is 1.12 bits per heavy atom. The standard InChI is InChI=1S/C27H37N5O3S.C2HF3O2/c1-31-11-10-27(19-4-6-22(33-2)23(16-19)34-3)9-8-20(17-24(27)31)29-26(36)30-21-5-7-25(28-18-21)32-12-14-35-15-13-32;3-2(4,5)1(6)7/h4-7,16,18,20,24H,8-15,17H2,1-3H3,(H2,29,30,36);(H,6,7)/t20-,24+,27+;/m1./s1. The molecule has 14 heteroatoms. The minimum absolute atomic E-state index is 0.126. The number of nitrogens with zero attached hydrogens (tertiary/aromatic N) is 3. The van der Waals surface area contributed by atoms with Crippen molar-refractivity contribution >= 4 is 34.8 Å². The van der Waals surface area contributed by atoms with Crippen molar-refractivity contribution < 1.29 is 37.3 Å². The van der Waals surface area contributed by atoms with Crippen LogP contribution in [0, 0.1) is 0 Å². The van der Waals surface area contributed by atoms with E-state index in [1.165, 1.54) is 5.56 Å². The first-order valence-electron chi connectivity index (χ1n) is 14.1. The number of carboxylic acids is 1. The van der Waals surface area contributed by atoms with Crippen LogP contribution in [0.25, 0.3) is 0 Å². The highest BCUT2D eigenvalue weighted by Crippen LogP contribution is 2.49. The van der Waals surface area contributed by atoms with Gasteiger partial charge in [0.15, 0.2) is 16.6 Å². The van der Waals surface area contributed by atoms with Crippen molar-refractivity contribution in [2.24, 2.45) is 0 Å². The molecule has 5 rings (SSSR count). The monoisotopic (exact) mass is 625 g/mol. The maximum Gasteiger partial charge on any atom is 0.490 e. The molecular formula is C29H38F3N5O5S. The van der Waals surface area contributed by atoms with Crippen molar-refractivity contribution in [3.63, 3.8) is 0 Å². The van der Waals surface area contributed by atoms with Gasteiger partial charge in [-0.05, 0) is 81.3 Å². The van der Waals surface area contributed by atoms with Gasteiger partial charge in [-0.3, -0.25) is 0 Å². The summed E-state index contributed by atoms with van der Waals surface area (Å²) in [4.78, 5) is 18.3. The Hall–Kier alpha value is -3.36. The molecule has 0 amide bonds. The maximum absolute atomic E-state index is 10.6. The van der Waals surface area contributed by atoms with Crippen molar-refractivity contribution in [1.82, 2.24) is 15.2 Å². The van der Waals surface area contributed by atoms with Crippen molar-refractivity contribution in [1.29, 1.82) is 0 Å². The van der Waals surface area contributed by atoms with E-state index < -0.39 is 12.1 Å². The number of halogens is 3. The summed E-state index contributed by atoms with van der Waals surface area (Å²) in [6.07, 6.45) is 1.13. The zero-order valence-electron chi connectivity index (χ0n) is 24.4. The van der Waals surface area contributed by atoms with Crippen LogP contribution in [0.4, 0.5) is 24.7 Å². The van der Waals surface area contributed by atoms with Crippen molar-refractivity contribution in [2.75, 3.05) is 64.3 Å². The molecule has 1 aliphatic carbocycles. The Morgan fingerprint density at radius 3 is 2.42 bits per heavy atom. The molecule has 1 aromatic heterocycles. The number of likely N-dealkylation sites (tertiary alicyclic amines) is 1. The second-order valence-electron chi connectivity index (χ2n) is 10.8. The van der Waals surface area contributed by atoms with Gasteiger partial charge >= 0.3 is 12.1 Å². The molecule has 2 aliphatic heterocycles. The van der Waals surface area contributed by atoms with Crippen LogP contribution in [0.15, 0.2) is 36.5 Å². The summed E-state index contributed by atoms with van der Waals surface area (Å²) in [6.45, 7) is 4.35. The Morgan fingerprint density at radius 2 is 1.81 bits per heavy atom. The molecule has 0 bridgehead atoms. The van der Waals surface area contributed by atoms with Gasteiger partial charge in [-0.15, -0.1) is 0 Å². The Labute approximate surface area is 254 Å². The van der Waals surface area contributed by atoms with Crippen LogP contribution in [0.3, 0.4) is 0 Å². The number of carboxylic acid groups (broad SMARTS) is 1. The molecular weight excluding hydrogens is 587 g/mol. The average molecular weight is 626 g/mol. The summed E-state index contributed by atoms with van der Waals surface area (Å²) >= 11 is 5.68. The largest absolute Gasteiger partial charge is 0.493 e. The number of aromatic nitrogens is 1. The first-order chi connectivity index (χ1) is 20.5. The molecule has 1 saturated carbocycles. The fourth-order valence-electron chi connectivity index (χ4n) is 6.19. The van der Waals surface area contributed by atoms with Gasteiger partial charge in [-0.1, -0.05) is 6.07 Å². The third-order valence-corrected chi connectivity index (χ3v) is 8.62. The van der Waals surface area contributed by atoms with Gasteiger partial charge in [-0.2, -0.15) is 13.2 Å². The number of fused-ring (bicyclic) bond motifs is 1. The van der Waals surface area contributed by atoms with E-state index in [-0.39, 0.29) is 5.41 Å². The highest BCUT2D eigenvalue weighted by atomic mass is 32.1. The summed E-state index contributed by atoms with van der Waals surface area (Å²) in [5.74, 6) is -0.199. The lowest BCUT2D eigenvalue weighted by Crippen LogP contribution is -2.52. The predicted octanol–water partition coefficient (Wildman–Crippen LogP) is 4.05. The Kier molecular flexibility index (Phi) is 10.6. The van der Waals surface area contributed by atoms with Crippen molar-refractivity contribution in [3.05, 3.63) is 42.1 Å². The number of hydrogen-bond donors (Lipinski definition) is 3. The molecule has 3 N–H and O–H groups in total. The van der Waals surface area contributed by atoms with E-state index in [0.717, 1.165) is 81.5 Å². The van der Waals surface area contributed by atoms with E-state index in [2.05, 4.69) is 44.6 Å². The normalized spacial score (nSPS) is 23.8. The summed E-state index contributed by atoms with van der Waals surface area (Å²) in [7, 11) is 5.64. The molecule has 43 heavy (non-hydrogen) atoms. The number of alkyl halides is 3. The third kappa shape index (κ3) is 7.78. The van der Waals surface area contributed by atoms with Crippen LogP contribution in [0.2, 0.25) is 0 Å². The van der Waals surface area contributed by atoms with Gasteiger partial charge in [0.2, 0.25) is 0 Å². The van der Waals surface area contributed by atoms with E-state index in [0.29, 0.717) is 17.2 Å². The molecule has 3 fully saturated rings. The number of ether oxygens (including phenoxy) is 3. The summed E-state index contributed by atoms with van der Waals surface area (Å²) in [6, 6.07) is 11.3. The number of aliphatic carboxylic acids is 1. The summed E-state index contributed by atoms with van der Waals surface area (Å²) in [5.41, 5.74) is 2.37. The van der Waals surface area contributed by atoms with E-state index in [4.69, 9.17) is 36.3 Å². The molecule has 3 atom stereocenters. The highest BCUT2D eigenvalue weighted by Gasteiger charge is 2.50. The molecule has 0 spiro atoms. The van der Waals surface area contributed by atoms with Gasteiger partial charge in [-0.25, -0.2) is 9.78 Å². The summed E-state index contributed by atoms with van der Waals surface area (Å²) < 4.78 is 48.3. The Bertz CT molecular complexity index is 1260. The second-order valence-corrected chi connectivity index (χ2v) is 11.3. The van der Waals surface area contributed by atoms with Crippen LogP contribution in [0.1, 0.15) is 31.2 Å². The van der Waals surface area contributed by atoms with Gasteiger partial charge in [0.25, 0.3) is 0 Å². The van der Waals surface area contributed by atoms with Crippen LogP contribution < -0.4 is 25.0 Å². The van der Waals surface area contributed by atoms with Crippen LogP contribution in [0.5, 0.6) is 11.5 Å². The minimum Gasteiger partial charge on any atom is -0.493 e. The number of nitrogens with one attached hydrogen (secondary N) is 2. The molecule has 2 aromatic rings.